The third-order valence-corrected chi connectivity index (χ3v) is 3.87. The van der Waals surface area contributed by atoms with Gasteiger partial charge in [0.25, 0.3) is 0 Å². The van der Waals surface area contributed by atoms with Crippen LogP contribution in [0.2, 0.25) is 0 Å². The van der Waals surface area contributed by atoms with Crippen LogP contribution in [0.5, 0.6) is 0 Å². The largest absolute Gasteiger partial charge is 0.481 e. The molecule has 0 bridgehead atoms. The van der Waals surface area contributed by atoms with E-state index in [-0.39, 0.29) is 6.42 Å². The third-order valence-electron chi connectivity index (χ3n) is 3.87. The van der Waals surface area contributed by atoms with Crippen molar-refractivity contribution in [2.45, 2.75) is 51.4 Å². The average molecular weight is 359 g/mol. The van der Waals surface area contributed by atoms with Crippen LogP contribution >= 0.6 is 0 Å². The van der Waals surface area contributed by atoms with E-state index in [1.165, 1.54) is 0 Å². The average Bonchev–Trinajstić information content (AvgIpc) is 2.52. The zero-order valence-electron chi connectivity index (χ0n) is 15.2. The van der Waals surface area contributed by atoms with Gasteiger partial charge in [0.15, 0.2) is 0 Å². The lowest BCUT2D eigenvalue weighted by atomic mass is 9.95. The minimum atomic E-state index is -1.24. The molecule has 6 nitrogen and oxygen atoms in total. The summed E-state index contributed by atoms with van der Waals surface area (Å²) in [7, 11) is 0. The normalized spacial score (nSPS) is 13.8. The van der Waals surface area contributed by atoms with Gasteiger partial charge >= 0.3 is 12.1 Å². The van der Waals surface area contributed by atoms with Gasteiger partial charge in [-0.05, 0) is 43.5 Å². The van der Waals surface area contributed by atoms with Crippen LogP contribution in [0.15, 0.2) is 42.5 Å². The summed E-state index contributed by atoms with van der Waals surface area (Å²) in [6.07, 6.45) is -2.11. The highest BCUT2D eigenvalue weighted by atomic mass is 16.6. The van der Waals surface area contributed by atoms with Crippen LogP contribution < -0.4 is 5.32 Å². The molecule has 6 heteroatoms. The Kier molecular flexibility index (Phi) is 6.21. The topological polar surface area (TPSA) is 95.9 Å². The van der Waals surface area contributed by atoms with Crippen molar-refractivity contribution in [2.24, 2.45) is 0 Å². The Bertz CT molecular complexity index is 776. The first-order valence-electron chi connectivity index (χ1n) is 8.52. The number of carbonyl (C=O) groups is 2. The minimum Gasteiger partial charge on any atom is -0.481 e. The summed E-state index contributed by atoms with van der Waals surface area (Å²) in [5.41, 5.74) is 0.222. The number of hydrogen-bond donors (Lipinski definition) is 3. The smallest absolute Gasteiger partial charge is 0.407 e. The van der Waals surface area contributed by atoms with Crippen molar-refractivity contribution in [3.63, 3.8) is 0 Å². The number of carbonyl (C=O) groups excluding carboxylic acids is 1. The van der Waals surface area contributed by atoms with Crippen LogP contribution in [0.4, 0.5) is 4.79 Å². The first-order valence-corrected chi connectivity index (χ1v) is 8.52. The number of carboxylic acid groups (broad SMARTS) is 1. The van der Waals surface area contributed by atoms with Gasteiger partial charge in [-0.15, -0.1) is 0 Å². The van der Waals surface area contributed by atoms with E-state index in [2.05, 4.69) is 5.32 Å². The summed E-state index contributed by atoms with van der Waals surface area (Å²) < 4.78 is 5.24. The van der Waals surface area contributed by atoms with Gasteiger partial charge in [-0.25, -0.2) is 4.79 Å². The van der Waals surface area contributed by atoms with Crippen LogP contribution in [0.1, 0.15) is 32.8 Å². The molecular weight excluding hydrogens is 334 g/mol. The van der Waals surface area contributed by atoms with Gasteiger partial charge in [-0.1, -0.05) is 42.5 Å². The van der Waals surface area contributed by atoms with Crippen molar-refractivity contribution in [1.29, 1.82) is 0 Å². The van der Waals surface area contributed by atoms with Crippen LogP contribution in [0.25, 0.3) is 10.8 Å². The molecule has 0 radical (unpaired) electrons. The van der Waals surface area contributed by atoms with Crippen LogP contribution in [0.3, 0.4) is 0 Å². The van der Waals surface area contributed by atoms with Gasteiger partial charge in [0.2, 0.25) is 0 Å². The van der Waals surface area contributed by atoms with Crippen molar-refractivity contribution in [1.82, 2.24) is 5.32 Å². The predicted octanol–water partition coefficient (Wildman–Crippen LogP) is 3.11. The van der Waals surface area contributed by atoms with E-state index in [4.69, 9.17) is 9.84 Å². The number of aliphatic hydroxyl groups excluding tert-OH is 1. The quantitative estimate of drug-likeness (QED) is 0.736. The number of nitrogens with one attached hydrogen (secondary N) is 1. The molecule has 3 N–H and O–H groups in total. The predicted molar refractivity (Wildman–Crippen MR) is 99.1 cm³/mol. The Labute approximate surface area is 152 Å². The SMILES string of the molecule is CC(C)(C)OC(=O)NC(Cc1cccc2ccccc12)C(O)CC(=O)O. The fraction of sp³-hybridized carbons (Fsp3) is 0.400. The first kappa shape index (κ1) is 19.7. The maximum absolute atomic E-state index is 12.1. The number of fused-ring (bicyclic) bond motifs is 1. The summed E-state index contributed by atoms with van der Waals surface area (Å²) in [5, 5.41) is 23.9. The molecule has 0 aliphatic rings. The molecule has 0 heterocycles. The van der Waals surface area contributed by atoms with Gasteiger partial charge in [0, 0.05) is 0 Å². The van der Waals surface area contributed by atoms with Crippen molar-refractivity contribution in [3.8, 4) is 0 Å². The van der Waals surface area contributed by atoms with Gasteiger partial charge < -0.3 is 20.3 Å². The molecule has 2 aromatic rings. The molecule has 0 spiro atoms. The van der Waals surface area contributed by atoms with Crippen molar-refractivity contribution < 1.29 is 24.5 Å². The van der Waals surface area contributed by atoms with E-state index in [0.29, 0.717) is 0 Å². The second-order valence-corrected chi connectivity index (χ2v) is 7.26. The van der Waals surface area contributed by atoms with E-state index >= 15 is 0 Å². The number of ether oxygens (including phenoxy) is 1. The van der Waals surface area contributed by atoms with Crippen LogP contribution in [-0.4, -0.2) is 40.0 Å². The highest BCUT2D eigenvalue weighted by molar-refractivity contribution is 5.85. The van der Waals surface area contributed by atoms with E-state index in [0.717, 1.165) is 16.3 Å². The zero-order valence-corrected chi connectivity index (χ0v) is 15.2. The molecule has 2 aromatic carbocycles. The second kappa shape index (κ2) is 8.19. The number of alkyl carbamates (subject to hydrolysis) is 1. The molecule has 0 saturated carbocycles. The van der Waals surface area contributed by atoms with Crippen molar-refractivity contribution in [2.75, 3.05) is 0 Å². The van der Waals surface area contributed by atoms with Crippen LogP contribution in [-0.2, 0) is 16.0 Å². The number of aliphatic hydroxyl groups is 1. The maximum atomic E-state index is 12.1. The maximum Gasteiger partial charge on any atom is 0.407 e. The molecule has 2 unspecified atom stereocenters. The molecular formula is C20H25NO5. The lowest BCUT2D eigenvalue weighted by Crippen LogP contribution is -2.47. The molecule has 2 rings (SSSR count). The number of aliphatic carboxylic acids is 1. The highest BCUT2D eigenvalue weighted by Gasteiger charge is 2.27. The molecule has 0 fully saturated rings. The summed E-state index contributed by atoms with van der Waals surface area (Å²) >= 11 is 0. The molecule has 2 atom stereocenters. The van der Waals surface area contributed by atoms with Gasteiger partial charge in [0.1, 0.15) is 5.60 Å². The summed E-state index contributed by atoms with van der Waals surface area (Å²) in [5.74, 6) is -1.13. The summed E-state index contributed by atoms with van der Waals surface area (Å²) in [6, 6.07) is 12.8. The van der Waals surface area contributed by atoms with E-state index < -0.39 is 36.2 Å². The number of rotatable bonds is 6. The minimum absolute atomic E-state index is 0.287. The highest BCUT2D eigenvalue weighted by Crippen LogP contribution is 2.21. The van der Waals surface area contributed by atoms with E-state index in [1.807, 2.05) is 42.5 Å². The molecule has 1 amide bonds. The van der Waals surface area contributed by atoms with E-state index in [9.17, 15) is 14.7 Å². The third kappa shape index (κ3) is 5.74. The Balaban J connectivity index is 2.25. The van der Waals surface area contributed by atoms with Gasteiger partial charge in [-0.2, -0.15) is 0 Å². The first-order chi connectivity index (χ1) is 12.2. The molecule has 140 valence electrons. The molecule has 0 aliphatic carbocycles. The fourth-order valence-electron chi connectivity index (χ4n) is 2.77. The van der Waals surface area contributed by atoms with Crippen molar-refractivity contribution >= 4 is 22.8 Å². The lowest BCUT2D eigenvalue weighted by molar-refractivity contribution is -0.139. The monoisotopic (exact) mass is 359 g/mol. The molecule has 26 heavy (non-hydrogen) atoms. The second-order valence-electron chi connectivity index (χ2n) is 7.26. The lowest BCUT2D eigenvalue weighted by Gasteiger charge is -2.26. The Morgan fingerprint density at radius 1 is 1.12 bits per heavy atom. The summed E-state index contributed by atoms with van der Waals surface area (Å²) in [6.45, 7) is 5.21. The van der Waals surface area contributed by atoms with E-state index in [1.54, 1.807) is 20.8 Å². The fourth-order valence-corrected chi connectivity index (χ4v) is 2.77. The summed E-state index contributed by atoms with van der Waals surface area (Å²) in [4.78, 5) is 23.1. The standard InChI is InChI=1S/C20H25NO5/c1-20(2,3)26-19(25)21-16(17(22)12-18(23)24)11-14-9-6-8-13-7-4-5-10-15(13)14/h4-10,16-17,22H,11-12H2,1-3H3,(H,21,25)(H,23,24). The molecule has 0 aromatic heterocycles. The van der Waals surface area contributed by atoms with Crippen molar-refractivity contribution in [3.05, 3.63) is 48.0 Å². The van der Waals surface area contributed by atoms with Gasteiger partial charge in [0.05, 0.1) is 18.6 Å². The Hall–Kier alpha value is -2.60. The van der Waals surface area contributed by atoms with Crippen LogP contribution in [0, 0.1) is 0 Å². The number of carboxylic acids is 1. The number of hydrogen-bond acceptors (Lipinski definition) is 4. The number of amides is 1. The Morgan fingerprint density at radius 2 is 1.77 bits per heavy atom. The Morgan fingerprint density at radius 3 is 2.42 bits per heavy atom. The van der Waals surface area contributed by atoms with Gasteiger partial charge in [-0.3, -0.25) is 4.79 Å². The number of benzene rings is 2. The zero-order chi connectivity index (χ0) is 19.3. The molecule has 0 aliphatic heterocycles. The molecule has 0 saturated heterocycles.